The van der Waals surface area contributed by atoms with E-state index >= 15 is 0 Å². The molecule has 0 unspecified atom stereocenters. The average molecular weight is 386 g/mol. The van der Waals surface area contributed by atoms with Gasteiger partial charge in [-0.2, -0.15) is 0 Å². The summed E-state index contributed by atoms with van der Waals surface area (Å²) in [7, 11) is 0. The van der Waals surface area contributed by atoms with Crippen LogP contribution < -0.4 is 10.9 Å². The molecule has 7 heteroatoms. The number of thioether (sulfide) groups is 1. The highest BCUT2D eigenvalue weighted by atomic mass is 32.2. The zero-order valence-electron chi connectivity index (χ0n) is 14.4. The van der Waals surface area contributed by atoms with Gasteiger partial charge in [-0.25, -0.2) is 4.98 Å². The molecule has 0 aliphatic carbocycles. The summed E-state index contributed by atoms with van der Waals surface area (Å²) in [4.78, 5) is 31.4. The van der Waals surface area contributed by atoms with E-state index in [1.54, 1.807) is 10.6 Å². The van der Waals surface area contributed by atoms with Crippen molar-refractivity contribution in [1.29, 1.82) is 0 Å². The molecule has 2 heterocycles. The molecular formula is C19H19N3O2S2. The fourth-order valence-electron chi connectivity index (χ4n) is 2.47. The van der Waals surface area contributed by atoms with Crippen molar-refractivity contribution in [2.75, 3.05) is 11.1 Å². The first kappa shape index (κ1) is 18.4. The van der Waals surface area contributed by atoms with Gasteiger partial charge >= 0.3 is 0 Å². The Bertz CT molecular complexity index is 993. The normalized spacial score (nSPS) is 10.8. The molecule has 0 fully saturated rings. The lowest BCUT2D eigenvalue weighted by Gasteiger charge is -2.10. The molecule has 134 valence electrons. The van der Waals surface area contributed by atoms with Gasteiger partial charge in [0.1, 0.15) is 4.83 Å². The number of hydrogen-bond donors (Lipinski definition) is 1. The molecule has 0 bridgehead atoms. The van der Waals surface area contributed by atoms with Crippen LogP contribution in [0.1, 0.15) is 11.8 Å². The molecule has 3 aromatic rings. The third-order valence-corrected chi connectivity index (χ3v) is 5.87. The highest BCUT2D eigenvalue weighted by Gasteiger charge is 2.15. The summed E-state index contributed by atoms with van der Waals surface area (Å²) in [6.45, 7) is 6.13. The van der Waals surface area contributed by atoms with Gasteiger partial charge in [0, 0.05) is 17.1 Å². The topological polar surface area (TPSA) is 64.0 Å². The van der Waals surface area contributed by atoms with Gasteiger partial charge in [0.2, 0.25) is 5.91 Å². The lowest BCUT2D eigenvalue weighted by molar-refractivity contribution is -0.113. The van der Waals surface area contributed by atoms with Crippen LogP contribution in [0.15, 0.2) is 59.0 Å². The number of amides is 1. The Morgan fingerprint density at radius 1 is 1.38 bits per heavy atom. The number of hydrogen-bond acceptors (Lipinski definition) is 5. The van der Waals surface area contributed by atoms with E-state index < -0.39 is 0 Å². The summed E-state index contributed by atoms with van der Waals surface area (Å²) in [5, 5.41) is 4.00. The van der Waals surface area contributed by atoms with Crippen molar-refractivity contribution in [2.24, 2.45) is 0 Å². The molecule has 0 saturated carbocycles. The quantitative estimate of drug-likeness (QED) is 0.380. The molecule has 1 N–H and O–H groups in total. The van der Waals surface area contributed by atoms with Gasteiger partial charge in [-0.15, -0.1) is 17.9 Å². The molecule has 2 aromatic heterocycles. The summed E-state index contributed by atoms with van der Waals surface area (Å²) in [5.41, 5.74) is 0.660. The van der Waals surface area contributed by atoms with Crippen molar-refractivity contribution in [3.8, 4) is 0 Å². The molecule has 0 radical (unpaired) electrons. The molecule has 5 nitrogen and oxygen atoms in total. The highest BCUT2D eigenvalue weighted by Crippen LogP contribution is 2.25. The second-order valence-corrected chi connectivity index (χ2v) is 7.64. The maximum absolute atomic E-state index is 12.8. The monoisotopic (exact) mass is 385 g/mol. The standard InChI is InChI=1S/C19H19N3O2S2/c1-3-10-22-18(24)15-11-14(4-2)26-17(15)21-19(22)25-12-16(23)20-13-8-6-5-7-9-13/h3,5-9,11H,1,4,10,12H2,2H3,(H,20,23). The number of para-hydroxylation sites is 1. The zero-order valence-corrected chi connectivity index (χ0v) is 16.0. The number of aryl methyl sites for hydroxylation is 1. The number of benzene rings is 1. The minimum Gasteiger partial charge on any atom is -0.325 e. The van der Waals surface area contributed by atoms with Crippen LogP contribution in [-0.4, -0.2) is 21.2 Å². The maximum Gasteiger partial charge on any atom is 0.263 e. The van der Waals surface area contributed by atoms with Crippen LogP contribution in [0.3, 0.4) is 0 Å². The molecule has 0 aliphatic heterocycles. The van der Waals surface area contributed by atoms with Crippen molar-refractivity contribution in [3.63, 3.8) is 0 Å². The summed E-state index contributed by atoms with van der Waals surface area (Å²) in [6.07, 6.45) is 2.53. The van der Waals surface area contributed by atoms with E-state index in [1.807, 2.05) is 36.4 Å². The number of thiophene rings is 1. The molecule has 0 saturated heterocycles. The fourth-order valence-corrected chi connectivity index (χ4v) is 4.29. The van der Waals surface area contributed by atoms with Gasteiger partial charge in [-0.3, -0.25) is 14.2 Å². The smallest absolute Gasteiger partial charge is 0.263 e. The van der Waals surface area contributed by atoms with Crippen LogP contribution in [0.5, 0.6) is 0 Å². The third kappa shape index (κ3) is 4.05. The van der Waals surface area contributed by atoms with E-state index in [2.05, 4.69) is 23.8 Å². The molecule has 1 amide bonds. The molecule has 0 spiro atoms. The lowest BCUT2D eigenvalue weighted by Crippen LogP contribution is -2.23. The SMILES string of the molecule is C=CCn1c(SCC(=O)Nc2ccccc2)nc2sc(CC)cc2c1=O. The molecule has 1 aromatic carbocycles. The van der Waals surface area contributed by atoms with E-state index in [1.165, 1.54) is 23.1 Å². The Labute approximate surface area is 159 Å². The van der Waals surface area contributed by atoms with Gasteiger partial charge in [0.25, 0.3) is 5.56 Å². The van der Waals surface area contributed by atoms with Crippen LogP contribution in [0.4, 0.5) is 5.69 Å². The number of rotatable bonds is 7. The Morgan fingerprint density at radius 2 is 2.15 bits per heavy atom. The predicted octanol–water partition coefficient (Wildman–Crippen LogP) is 3.94. The Balaban J connectivity index is 1.83. The minimum absolute atomic E-state index is 0.0863. The Morgan fingerprint density at radius 3 is 2.85 bits per heavy atom. The molecule has 3 rings (SSSR count). The average Bonchev–Trinajstić information content (AvgIpc) is 3.07. The molecular weight excluding hydrogens is 366 g/mol. The number of carbonyl (C=O) groups is 1. The van der Waals surface area contributed by atoms with Gasteiger partial charge < -0.3 is 5.32 Å². The molecule has 0 aliphatic rings. The first-order valence-electron chi connectivity index (χ1n) is 8.24. The van der Waals surface area contributed by atoms with Gasteiger partial charge in [0.05, 0.1) is 11.1 Å². The lowest BCUT2D eigenvalue weighted by atomic mass is 10.3. The van der Waals surface area contributed by atoms with Crippen LogP contribution in [0.25, 0.3) is 10.2 Å². The van der Waals surface area contributed by atoms with E-state index in [0.29, 0.717) is 17.1 Å². The van der Waals surface area contributed by atoms with Crippen LogP contribution in [0, 0.1) is 0 Å². The number of nitrogens with zero attached hydrogens (tertiary/aromatic N) is 2. The maximum atomic E-state index is 12.8. The van der Waals surface area contributed by atoms with Crippen LogP contribution in [0.2, 0.25) is 0 Å². The zero-order chi connectivity index (χ0) is 18.5. The molecule has 0 atom stereocenters. The fraction of sp³-hybridized carbons (Fsp3) is 0.211. The first-order chi connectivity index (χ1) is 12.6. The number of fused-ring (bicyclic) bond motifs is 1. The van der Waals surface area contributed by atoms with Crippen LogP contribution >= 0.6 is 23.1 Å². The highest BCUT2D eigenvalue weighted by molar-refractivity contribution is 7.99. The third-order valence-electron chi connectivity index (χ3n) is 3.72. The van der Waals surface area contributed by atoms with Crippen molar-refractivity contribution in [2.45, 2.75) is 25.0 Å². The van der Waals surface area contributed by atoms with Crippen molar-refractivity contribution >= 4 is 44.9 Å². The van der Waals surface area contributed by atoms with Crippen molar-refractivity contribution in [1.82, 2.24) is 9.55 Å². The number of allylic oxidation sites excluding steroid dienone is 1. The van der Waals surface area contributed by atoms with Gasteiger partial charge in [-0.1, -0.05) is 43.0 Å². The first-order valence-corrected chi connectivity index (χ1v) is 10.0. The number of aromatic nitrogens is 2. The van der Waals surface area contributed by atoms with E-state index in [-0.39, 0.29) is 17.2 Å². The summed E-state index contributed by atoms with van der Waals surface area (Å²) in [5.74, 6) is 0.0387. The van der Waals surface area contributed by atoms with E-state index in [0.717, 1.165) is 21.8 Å². The summed E-state index contributed by atoms with van der Waals surface area (Å²) < 4.78 is 1.57. The number of carbonyl (C=O) groups excluding carboxylic acids is 1. The van der Waals surface area contributed by atoms with E-state index in [9.17, 15) is 9.59 Å². The summed E-state index contributed by atoms with van der Waals surface area (Å²) >= 11 is 2.78. The van der Waals surface area contributed by atoms with E-state index in [4.69, 9.17) is 0 Å². The second kappa shape index (κ2) is 8.33. The van der Waals surface area contributed by atoms with Crippen LogP contribution in [-0.2, 0) is 17.8 Å². The minimum atomic E-state index is -0.138. The Hall–Kier alpha value is -2.38. The van der Waals surface area contributed by atoms with Gasteiger partial charge in [0.15, 0.2) is 5.16 Å². The number of nitrogens with one attached hydrogen (secondary N) is 1. The van der Waals surface area contributed by atoms with Gasteiger partial charge in [-0.05, 0) is 24.6 Å². The molecule has 26 heavy (non-hydrogen) atoms. The largest absolute Gasteiger partial charge is 0.325 e. The summed E-state index contributed by atoms with van der Waals surface area (Å²) in [6, 6.07) is 11.2. The predicted molar refractivity (Wildman–Crippen MR) is 109 cm³/mol. The number of anilines is 1. The Kier molecular flexibility index (Phi) is 5.90. The van der Waals surface area contributed by atoms with Crippen molar-refractivity contribution in [3.05, 3.63) is 64.3 Å². The second-order valence-electron chi connectivity index (χ2n) is 5.59. The van der Waals surface area contributed by atoms with Crippen molar-refractivity contribution < 1.29 is 4.79 Å².